The number of nitrogens with zero attached hydrogens (tertiary/aromatic N) is 4. The average Bonchev–Trinajstić information content (AvgIpc) is 3.13. The Hall–Kier alpha value is -3.31. The number of piperidine rings is 2. The lowest BCUT2D eigenvalue weighted by molar-refractivity contribution is -0.136. The predicted molar refractivity (Wildman–Crippen MR) is 130 cm³/mol. The summed E-state index contributed by atoms with van der Waals surface area (Å²) in [5.41, 5.74) is 7.22. The van der Waals surface area contributed by atoms with Gasteiger partial charge in [-0.2, -0.15) is 0 Å². The second kappa shape index (κ2) is 9.98. The topological polar surface area (TPSA) is 136 Å². The Morgan fingerprint density at radius 1 is 0.944 bits per heavy atom. The Labute approximate surface area is 209 Å². The maximum Gasteiger partial charge on any atom is 0.264 e. The summed E-state index contributed by atoms with van der Waals surface area (Å²) in [6.07, 6.45) is 2.41. The van der Waals surface area contributed by atoms with Crippen LogP contribution in [0.15, 0.2) is 18.2 Å². The number of hydrogen-bond donors (Lipinski definition) is 2. The molecule has 0 spiro atoms. The number of benzene rings is 1. The largest absolute Gasteiger partial charge is 0.368 e. The molecule has 11 nitrogen and oxygen atoms in total. The molecule has 11 heteroatoms. The number of carbonyl (C=O) groups excluding carboxylic acids is 5. The molecule has 0 aromatic heterocycles. The molecule has 192 valence electrons. The highest BCUT2D eigenvalue weighted by molar-refractivity contribution is 6.25. The average molecular weight is 497 g/mol. The van der Waals surface area contributed by atoms with E-state index >= 15 is 0 Å². The van der Waals surface area contributed by atoms with E-state index in [0.29, 0.717) is 37.3 Å². The molecule has 0 radical (unpaired) electrons. The van der Waals surface area contributed by atoms with Crippen molar-refractivity contribution in [3.63, 3.8) is 0 Å². The summed E-state index contributed by atoms with van der Waals surface area (Å²) < 4.78 is 0. The van der Waals surface area contributed by atoms with Crippen molar-refractivity contribution in [3.8, 4) is 0 Å². The molecule has 1 atom stereocenters. The van der Waals surface area contributed by atoms with Gasteiger partial charge in [-0.15, -0.1) is 0 Å². The zero-order chi connectivity index (χ0) is 25.4. The summed E-state index contributed by atoms with van der Waals surface area (Å²) in [5.74, 6) is -1.83. The lowest BCUT2D eigenvalue weighted by atomic mass is 10.0. The molecule has 4 heterocycles. The molecule has 4 aliphatic heterocycles. The molecule has 3 N–H and O–H groups in total. The maximum atomic E-state index is 13.4. The van der Waals surface area contributed by atoms with Crippen molar-refractivity contribution in [3.05, 3.63) is 29.3 Å². The van der Waals surface area contributed by atoms with Gasteiger partial charge in [-0.05, 0) is 31.4 Å². The van der Waals surface area contributed by atoms with E-state index in [0.717, 1.165) is 43.9 Å². The van der Waals surface area contributed by atoms with Gasteiger partial charge >= 0.3 is 0 Å². The number of amides is 5. The molecular weight excluding hydrogens is 464 g/mol. The molecule has 3 fully saturated rings. The molecule has 4 aliphatic rings. The molecule has 1 aromatic carbocycles. The molecule has 0 bridgehead atoms. The first kappa shape index (κ1) is 24.4. The number of anilines is 1. The van der Waals surface area contributed by atoms with E-state index in [-0.39, 0.29) is 30.4 Å². The van der Waals surface area contributed by atoms with Gasteiger partial charge in [0.05, 0.1) is 16.8 Å². The Morgan fingerprint density at radius 3 is 2.36 bits per heavy atom. The molecule has 36 heavy (non-hydrogen) atoms. The number of piperazine rings is 1. The number of likely N-dealkylation sites (tertiary alicyclic amines) is 1. The Morgan fingerprint density at radius 2 is 1.67 bits per heavy atom. The van der Waals surface area contributed by atoms with Crippen LogP contribution < -0.4 is 16.0 Å². The van der Waals surface area contributed by atoms with Crippen molar-refractivity contribution in [2.24, 2.45) is 5.73 Å². The first-order chi connectivity index (χ1) is 17.3. The molecule has 3 saturated heterocycles. The summed E-state index contributed by atoms with van der Waals surface area (Å²) in [4.78, 5) is 70.1. The van der Waals surface area contributed by atoms with Crippen LogP contribution in [0.4, 0.5) is 5.69 Å². The van der Waals surface area contributed by atoms with Crippen molar-refractivity contribution in [2.75, 3.05) is 50.7 Å². The first-order valence-electron chi connectivity index (χ1n) is 12.7. The number of carbonyl (C=O) groups is 5. The van der Waals surface area contributed by atoms with Gasteiger partial charge in [0.1, 0.15) is 6.04 Å². The zero-order valence-electron chi connectivity index (χ0n) is 20.3. The minimum atomic E-state index is -0.979. The fraction of sp³-hybridized carbons (Fsp3) is 0.560. The number of nitrogens with two attached hydrogens (primary N) is 1. The molecule has 1 aromatic rings. The van der Waals surface area contributed by atoms with Crippen LogP contribution in [0.1, 0.15) is 52.8 Å². The lowest BCUT2D eigenvalue weighted by Gasteiger charge is -2.37. The van der Waals surface area contributed by atoms with Gasteiger partial charge in [0.15, 0.2) is 0 Å². The molecular formula is C25H32N6O5. The summed E-state index contributed by atoms with van der Waals surface area (Å²) in [6.45, 7) is 4.93. The number of fused-ring (bicyclic) bond motifs is 1. The fourth-order valence-corrected chi connectivity index (χ4v) is 5.53. The monoisotopic (exact) mass is 496 g/mol. The van der Waals surface area contributed by atoms with E-state index in [1.54, 1.807) is 12.1 Å². The number of rotatable bonds is 5. The second-order valence-corrected chi connectivity index (χ2v) is 9.94. The molecule has 1 unspecified atom stereocenters. The second-order valence-electron chi connectivity index (χ2n) is 9.94. The zero-order valence-corrected chi connectivity index (χ0v) is 20.3. The van der Waals surface area contributed by atoms with Gasteiger partial charge in [0, 0.05) is 64.7 Å². The van der Waals surface area contributed by atoms with Crippen molar-refractivity contribution >= 4 is 35.2 Å². The molecule has 0 saturated carbocycles. The van der Waals surface area contributed by atoms with Crippen LogP contribution in [0.2, 0.25) is 0 Å². The predicted octanol–water partition coefficient (Wildman–Crippen LogP) is -0.450. The highest BCUT2D eigenvalue weighted by Gasteiger charge is 2.46. The Bertz CT molecular complexity index is 1090. The quantitative estimate of drug-likeness (QED) is 0.523. The van der Waals surface area contributed by atoms with E-state index in [1.807, 2.05) is 11.0 Å². The van der Waals surface area contributed by atoms with Gasteiger partial charge in [-0.25, -0.2) is 0 Å². The van der Waals surface area contributed by atoms with Crippen LogP contribution in [0.3, 0.4) is 0 Å². The smallest absolute Gasteiger partial charge is 0.264 e. The van der Waals surface area contributed by atoms with Gasteiger partial charge < -0.3 is 15.5 Å². The van der Waals surface area contributed by atoms with Gasteiger partial charge in [-0.3, -0.25) is 39.1 Å². The van der Waals surface area contributed by atoms with Gasteiger partial charge in [0.2, 0.25) is 17.7 Å². The van der Waals surface area contributed by atoms with E-state index in [2.05, 4.69) is 15.1 Å². The third kappa shape index (κ3) is 4.60. The number of hydrogen-bond acceptors (Lipinski definition) is 8. The third-order valence-electron chi connectivity index (χ3n) is 7.69. The highest BCUT2D eigenvalue weighted by Crippen LogP contribution is 2.34. The summed E-state index contributed by atoms with van der Waals surface area (Å²) in [6, 6.07) is 4.41. The molecule has 5 rings (SSSR count). The van der Waals surface area contributed by atoms with Crippen molar-refractivity contribution in [1.29, 1.82) is 0 Å². The van der Waals surface area contributed by atoms with Crippen LogP contribution in [-0.2, 0) is 14.4 Å². The molecule has 0 aliphatic carbocycles. The maximum absolute atomic E-state index is 13.4. The van der Waals surface area contributed by atoms with Crippen molar-refractivity contribution in [2.45, 2.75) is 44.2 Å². The minimum absolute atomic E-state index is 0.0897. The normalized spacial score (nSPS) is 23.8. The van der Waals surface area contributed by atoms with E-state index in [1.165, 1.54) is 0 Å². The van der Waals surface area contributed by atoms with Crippen LogP contribution in [0.5, 0.6) is 0 Å². The van der Waals surface area contributed by atoms with Crippen molar-refractivity contribution in [1.82, 2.24) is 20.0 Å². The first-order valence-corrected chi connectivity index (χ1v) is 12.7. The van der Waals surface area contributed by atoms with Crippen LogP contribution in [0.25, 0.3) is 0 Å². The van der Waals surface area contributed by atoms with Gasteiger partial charge in [-0.1, -0.05) is 6.07 Å². The van der Waals surface area contributed by atoms with Crippen LogP contribution in [-0.4, -0.2) is 102 Å². The van der Waals surface area contributed by atoms with E-state index < -0.39 is 29.7 Å². The van der Waals surface area contributed by atoms with Crippen molar-refractivity contribution < 1.29 is 24.0 Å². The Kier molecular flexibility index (Phi) is 6.76. The van der Waals surface area contributed by atoms with Crippen LogP contribution in [0, 0.1) is 0 Å². The number of nitrogens with one attached hydrogen (secondary N) is 1. The number of imide groups is 2. The minimum Gasteiger partial charge on any atom is -0.368 e. The van der Waals surface area contributed by atoms with E-state index in [4.69, 9.17) is 5.73 Å². The van der Waals surface area contributed by atoms with Gasteiger partial charge in [0.25, 0.3) is 11.8 Å². The molecule has 5 amide bonds. The SMILES string of the molecule is NC1CCN(C(=O)CCN2CCN(c3cccc4c3C(=O)N(C3CCC(=O)NC3=O)C4=O)CC2)CC1. The fourth-order valence-electron chi connectivity index (χ4n) is 5.53. The third-order valence-corrected chi connectivity index (χ3v) is 7.69. The van der Waals surface area contributed by atoms with E-state index in [9.17, 15) is 24.0 Å². The summed E-state index contributed by atoms with van der Waals surface area (Å²) >= 11 is 0. The summed E-state index contributed by atoms with van der Waals surface area (Å²) in [7, 11) is 0. The summed E-state index contributed by atoms with van der Waals surface area (Å²) in [5, 5.41) is 2.23. The van der Waals surface area contributed by atoms with Crippen LogP contribution >= 0.6 is 0 Å². The highest BCUT2D eigenvalue weighted by atomic mass is 16.2. The Balaban J connectivity index is 1.21. The lowest BCUT2D eigenvalue weighted by Crippen LogP contribution is -2.54. The standard InChI is InChI=1S/C25H32N6O5/c26-16-6-10-30(11-7-16)21(33)8-9-28-12-14-29(15-13-28)18-3-1-2-17-22(18)25(36)31(24(17)35)19-4-5-20(32)27-23(19)34/h1-3,16,19H,4-15,26H2,(H,27,32,34).